The Bertz CT molecular complexity index is 2590. The molecule has 0 amide bonds. The second-order valence-corrected chi connectivity index (χ2v) is 13.8. The molecule has 0 N–H and O–H groups in total. The number of pyridine rings is 1. The zero-order chi connectivity index (χ0) is 34.2. The van der Waals surface area contributed by atoms with Gasteiger partial charge in [-0.1, -0.05) is 133 Å². The Labute approximate surface area is 303 Å². The molecule has 0 saturated heterocycles. The molecule has 4 heterocycles. The van der Waals surface area contributed by atoms with Crippen LogP contribution in [0.5, 0.6) is 0 Å². The lowest BCUT2D eigenvalue weighted by Gasteiger charge is -2.45. The predicted octanol–water partition coefficient (Wildman–Crippen LogP) is 11.1. The van der Waals surface area contributed by atoms with Crippen molar-refractivity contribution in [2.24, 2.45) is 4.99 Å². The molecule has 4 nitrogen and oxygen atoms in total. The SMILES string of the molecule is C1=C(c2ccccc2)C=C(c2ccccc2)C2=NC(c3ccc4c(c3)C3(c5ccccc5N(c5ccccc5)c5ccccc53)c3cccnc3-4)N12. The van der Waals surface area contributed by atoms with Crippen molar-refractivity contribution in [3.05, 3.63) is 227 Å². The first-order chi connectivity index (χ1) is 25.8. The summed E-state index contributed by atoms with van der Waals surface area (Å²) in [6.07, 6.45) is 6.33. The molecule has 1 spiro atoms. The van der Waals surface area contributed by atoms with Crippen molar-refractivity contribution in [1.82, 2.24) is 9.88 Å². The van der Waals surface area contributed by atoms with Gasteiger partial charge in [0.05, 0.1) is 22.5 Å². The van der Waals surface area contributed by atoms with E-state index in [0.717, 1.165) is 28.4 Å². The van der Waals surface area contributed by atoms with Crippen LogP contribution in [0.1, 0.15) is 45.1 Å². The molecule has 52 heavy (non-hydrogen) atoms. The molecule has 3 aliphatic heterocycles. The fourth-order valence-corrected chi connectivity index (χ4v) is 8.89. The topological polar surface area (TPSA) is 31.7 Å². The summed E-state index contributed by atoms with van der Waals surface area (Å²) in [5, 5.41) is 0. The van der Waals surface area contributed by atoms with Gasteiger partial charge in [-0.3, -0.25) is 4.98 Å². The summed E-state index contributed by atoms with van der Waals surface area (Å²) in [5.41, 5.74) is 15.9. The molecule has 4 aliphatic rings. The maximum Gasteiger partial charge on any atom is 0.154 e. The fourth-order valence-electron chi connectivity index (χ4n) is 8.89. The van der Waals surface area contributed by atoms with Crippen molar-refractivity contribution in [2.75, 3.05) is 4.90 Å². The lowest BCUT2D eigenvalue weighted by atomic mass is 9.64. The van der Waals surface area contributed by atoms with E-state index in [1.165, 1.54) is 55.9 Å². The normalized spacial score (nSPS) is 17.1. The molecule has 0 fully saturated rings. The summed E-state index contributed by atoms with van der Waals surface area (Å²) < 4.78 is 0. The number of benzene rings is 6. The number of aliphatic imine (C=N–C) groups is 1. The van der Waals surface area contributed by atoms with Crippen molar-refractivity contribution in [2.45, 2.75) is 11.6 Å². The summed E-state index contributed by atoms with van der Waals surface area (Å²) in [6.45, 7) is 0. The predicted molar refractivity (Wildman–Crippen MR) is 211 cm³/mol. The van der Waals surface area contributed by atoms with E-state index in [0.29, 0.717) is 0 Å². The highest BCUT2D eigenvalue weighted by Crippen LogP contribution is 2.63. The van der Waals surface area contributed by atoms with Gasteiger partial charge in [-0.05, 0) is 87.0 Å². The van der Waals surface area contributed by atoms with E-state index >= 15 is 0 Å². The van der Waals surface area contributed by atoms with Gasteiger partial charge in [0.25, 0.3) is 0 Å². The summed E-state index contributed by atoms with van der Waals surface area (Å²) in [7, 11) is 0. The number of nitrogens with zero attached hydrogens (tertiary/aromatic N) is 4. The quantitative estimate of drug-likeness (QED) is 0.188. The number of hydrogen-bond donors (Lipinski definition) is 0. The third kappa shape index (κ3) is 3.97. The van der Waals surface area contributed by atoms with Gasteiger partial charge in [-0.15, -0.1) is 0 Å². The summed E-state index contributed by atoms with van der Waals surface area (Å²) >= 11 is 0. The molecule has 244 valence electrons. The molecular weight excluding hydrogens is 633 g/mol. The van der Waals surface area contributed by atoms with Crippen LogP contribution < -0.4 is 4.90 Å². The number of anilines is 3. The number of allylic oxidation sites excluding steroid dienone is 2. The lowest BCUT2D eigenvalue weighted by molar-refractivity contribution is 0.370. The molecule has 1 atom stereocenters. The van der Waals surface area contributed by atoms with Crippen LogP contribution in [0.3, 0.4) is 0 Å². The minimum atomic E-state index is -0.564. The first-order valence-corrected chi connectivity index (χ1v) is 17.9. The van der Waals surface area contributed by atoms with Crippen LogP contribution >= 0.6 is 0 Å². The van der Waals surface area contributed by atoms with Crippen molar-refractivity contribution < 1.29 is 0 Å². The van der Waals surface area contributed by atoms with Crippen LogP contribution in [0, 0.1) is 0 Å². The first kappa shape index (κ1) is 29.0. The highest BCUT2D eigenvalue weighted by atomic mass is 15.4. The van der Waals surface area contributed by atoms with Crippen LogP contribution in [-0.2, 0) is 5.41 Å². The highest BCUT2D eigenvalue weighted by Gasteiger charge is 2.52. The number of rotatable bonds is 4. The van der Waals surface area contributed by atoms with E-state index in [1.54, 1.807) is 0 Å². The average molecular weight is 665 g/mol. The minimum Gasteiger partial charge on any atom is -0.310 e. The Kier molecular flexibility index (Phi) is 6.20. The Morgan fingerprint density at radius 2 is 1.15 bits per heavy atom. The van der Waals surface area contributed by atoms with Crippen molar-refractivity contribution in [3.63, 3.8) is 0 Å². The molecule has 1 unspecified atom stereocenters. The Morgan fingerprint density at radius 1 is 0.538 bits per heavy atom. The molecular formula is C48H32N4. The minimum absolute atomic E-state index is 0.157. The molecule has 0 saturated carbocycles. The average Bonchev–Trinajstić information content (AvgIpc) is 3.49. The summed E-state index contributed by atoms with van der Waals surface area (Å²) in [4.78, 5) is 15.2. The van der Waals surface area contributed by atoms with E-state index in [2.05, 4.69) is 192 Å². The number of aromatic nitrogens is 1. The monoisotopic (exact) mass is 664 g/mol. The largest absolute Gasteiger partial charge is 0.310 e. The standard InChI is InChI=1S/C48H32N4/c1-4-15-32(16-5-1)35-29-38(33-17-6-2-7-18-33)47-50-46(51(47)31-35)34-26-27-37-42(30-34)48(41-23-14-28-49-45(37)41)39-21-10-12-24-43(39)52(36-19-8-3-9-20-36)44-25-13-11-22-40(44)48/h1-31,46H. The van der Waals surface area contributed by atoms with E-state index < -0.39 is 5.41 Å². The molecule has 6 aromatic carbocycles. The maximum absolute atomic E-state index is 5.35. The van der Waals surface area contributed by atoms with Gasteiger partial charge >= 0.3 is 0 Å². The maximum atomic E-state index is 5.35. The molecule has 0 radical (unpaired) electrons. The van der Waals surface area contributed by atoms with E-state index in [9.17, 15) is 0 Å². The van der Waals surface area contributed by atoms with Crippen molar-refractivity contribution in [3.8, 4) is 11.3 Å². The van der Waals surface area contributed by atoms with Gasteiger partial charge in [0.1, 0.15) is 5.84 Å². The summed E-state index contributed by atoms with van der Waals surface area (Å²) in [6, 6.07) is 61.1. The van der Waals surface area contributed by atoms with Crippen molar-refractivity contribution >= 4 is 34.0 Å². The molecule has 7 aromatic rings. The summed E-state index contributed by atoms with van der Waals surface area (Å²) in [5.74, 6) is 1.00. The van der Waals surface area contributed by atoms with Gasteiger partial charge in [-0.25, -0.2) is 4.99 Å². The highest BCUT2D eigenvalue weighted by molar-refractivity contribution is 6.28. The fraction of sp³-hybridized carbons (Fsp3) is 0.0417. The molecule has 1 aliphatic carbocycles. The smallest absolute Gasteiger partial charge is 0.154 e. The molecule has 1 aromatic heterocycles. The number of para-hydroxylation sites is 3. The Morgan fingerprint density at radius 3 is 1.87 bits per heavy atom. The zero-order valence-electron chi connectivity index (χ0n) is 28.3. The van der Waals surface area contributed by atoms with E-state index in [1.807, 2.05) is 6.20 Å². The zero-order valence-corrected chi connectivity index (χ0v) is 28.3. The Hall–Kier alpha value is -6.78. The van der Waals surface area contributed by atoms with Gasteiger partial charge in [-0.2, -0.15) is 0 Å². The van der Waals surface area contributed by atoms with Gasteiger partial charge < -0.3 is 9.80 Å². The molecule has 4 heteroatoms. The van der Waals surface area contributed by atoms with E-state index in [-0.39, 0.29) is 6.17 Å². The second kappa shape index (κ2) is 11.1. The Balaban J connectivity index is 1.13. The third-order valence-electron chi connectivity index (χ3n) is 11.1. The van der Waals surface area contributed by atoms with E-state index in [4.69, 9.17) is 9.98 Å². The van der Waals surface area contributed by atoms with Gasteiger partial charge in [0.2, 0.25) is 0 Å². The first-order valence-electron chi connectivity index (χ1n) is 17.9. The number of fused-ring (bicyclic) bond motifs is 10. The second-order valence-electron chi connectivity index (χ2n) is 13.8. The third-order valence-corrected chi connectivity index (χ3v) is 11.1. The van der Waals surface area contributed by atoms with Gasteiger partial charge in [0, 0.05) is 29.2 Å². The number of hydrogen-bond acceptors (Lipinski definition) is 4. The molecule has 11 rings (SSSR count). The number of amidine groups is 1. The van der Waals surface area contributed by atoms with Crippen LogP contribution in [0.2, 0.25) is 0 Å². The molecule has 0 bridgehead atoms. The van der Waals surface area contributed by atoms with Crippen LogP contribution in [-0.4, -0.2) is 15.7 Å². The lowest BCUT2D eigenvalue weighted by Crippen LogP contribution is -2.41. The van der Waals surface area contributed by atoms with Crippen LogP contribution in [0.4, 0.5) is 17.1 Å². The van der Waals surface area contributed by atoms with Gasteiger partial charge in [0.15, 0.2) is 6.17 Å². The van der Waals surface area contributed by atoms with Crippen LogP contribution in [0.15, 0.2) is 193 Å². The van der Waals surface area contributed by atoms with Crippen LogP contribution in [0.25, 0.3) is 22.4 Å². The van der Waals surface area contributed by atoms with Crippen molar-refractivity contribution in [1.29, 1.82) is 0 Å².